The summed E-state index contributed by atoms with van der Waals surface area (Å²) in [6, 6.07) is 6.66. The van der Waals surface area contributed by atoms with E-state index in [-0.39, 0.29) is 24.3 Å². The lowest BCUT2D eigenvalue weighted by Gasteiger charge is -2.28. The summed E-state index contributed by atoms with van der Waals surface area (Å²) in [6.07, 6.45) is 2.39. The minimum Gasteiger partial charge on any atom is -0.339 e. The molecule has 7 nitrogen and oxygen atoms in total. The Kier molecular flexibility index (Phi) is 5.63. The predicted octanol–water partition coefficient (Wildman–Crippen LogP) is 2.51. The number of carbonyl (C=O) groups excluding carboxylic acids is 1. The van der Waals surface area contributed by atoms with E-state index in [2.05, 4.69) is 0 Å². The van der Waals surface area contributed by atoms with Crippen molar-refractivity contribution in [2.24, 2.45) is 0 Å². The van der Waals surface area contributed by atoms with Gasteiger partial charge in [0.05, 0.1) is 17.2 Å². The van der Waals surface area contributed by atoms with Crippen molar-refractivity contribution in [2.45, 2.75) is 26.4 Å². The lowest BCUT2D eigenvalue weighted by atomic mass is 10.1. The summed E-state index contributed by atoms with van der Waals surface area (Å²) in [7, 11) is 0. The van der Waals surface area contributed by atoms with E-state index in [0.29, 0.717) is 6.54 Å². The number of nitrogens with zero attached hydrogens (tertiary/aromatic N) is 3. The van der Waals surface area contributed by atoms with E-state index in [1.165, 1.54) is 22.9 Å². The van der Waals surface area contributed by atoms with Crippen LogP contribution < -0.4 is 5.43 Å². The number of halogens is 1. The Morgan fingerprint density at radius 1 is 1.32 bits per heavy atom. The first kappa shape index (κ1) is 18.3. The van der Waals surface area contributed by atoms with E-state index in [1.807, 2.05) is 13.8 Å². The Bertz CT molecular complexity index is 833. The molecule has 25 heavy (non-hydrogen) atoms. The van der Waals surface area contributed by atoms with E-state index < -0.39 is 16.0 Å². The highest BCUT2D eigenvalue weighted by molar-refractivity contribution is 5.76. The molecular formula is C17H18FN3O4. The second-order valence-electron chi connectivity index (χ2n) is 5.53. The second-order valence-corrected chi connectivity index (χ2v) is 5.53. The second kappa shape index (κ2) is 7.69. The van der Waals surface area contributed by atoms with Crippen LogP contribution in [0.3, 0.4) is 0 Å². The minimum absolute atomic E-state index is 0.138. The third kappa shape index (κ3) is 4.28. The molecule has 2 rings (SSSR count). The summed E-state index contributed by atoms with van der Waals surface area (Å²) in [5.74, 6) is -0.622. The molecule has 8 heteroatoms. The zero-order valence-corrected chi connectivity index (χ0v) is 13.9. The number of aromatic nitrogens is 1. The number of benzene rings is 1. The van der Waals surface area contributed by atoms with Crippen LogP contribution in [0.25, 0.3) is 0 Å². The van der Waals surface area contributed by atoms with Gasteiger partial charge < -0.3 is 9.47 Å². The molecule has 1 heterocycles. The largest absolute Gasteiger partial charge is 0.339 e. The SMILES string of the molecule is CCN(C(=O)Cn1ccc(=O)c([N+](=O)[O-])c1)C(C)c1ccc(F)cc1. The van der Waals surface area contributed by atoms with Crippen LogP contribution in [0.5, 0.6) is 0 Å². The Hall–Kier alpha value is -3.03. The summed E-state index contributed by atoms with van der Waals surface area (Å²) in [5.41, 5.74) is -0.506. The average Bonchev–Trinajstić information content (AvgIpc) is 2.57. The van der Waals surface area contributed by atoms with Gasteiger partial charge in [0.25, 0.3) is 5.43 Å². The molecule has 0 aliphatic carbocycles. The molecule has 0 N–H and O–H groups in total. The smallest absolute Gasteiger partial charge is 0.332 e. The molecule has 1 aromatic heterocycles. The van der Waals surface area contributed by atoms with Crippen molar-refractivity contribution < 1.29 is 14.1 Å². The Morgan fingerprint density at radius 3 is 2.52 bits per heavy atom. The lowest BCUT2D eigenvalue weighted by molar-refractivity contribution is -0.386. The zero-order valence-electron chi connectivity index (χ0n) is 13.9. The molecule has 1 unspecified atom stereocenters. The fourth-order valence-corrected chi connectivity index (χ4v) is 2.58. The van der Waals surface area contributed by atoms with Gasteiger partial charge in [-0.1, -0.05) is 12.1 Å². The monoisotopic (exact) mass is 347 g/mol. The van der Waals surface area contributed by atoms with Crippen LogP contribution in [0.1, 0.15) is 25.5 Å². The first-order chi connectivity index (χ1) is 11.8. The Labute approximate surface area is 143 Å². The van der Waals surface area contributed by atoms with Crippen LogP contribution in [0.2, 0.25) is 0 Å². The third-order valence-corrected chi connectivity index (χ3v) is 3.95. The van der Waals surface area contributed by atoms with Gasteiger partial charge in [0.1, 0.15) is 12.4 Å². The summed E-state index contributed by atoms with van der Waals surface area (Å²) in [6.45, 7) is 3.91. The van der Waals surface area contributed by atoms with Gasteiger partial charge in [0.15, 0.2) is 0 Å². The lowest BCUT2D eigenvalue weighted by Crippen LogP contribution is -2.36. The van der Waals surface area contributed by atoms with Crippen LogP contribution in [0, 0.1) is 15.9 Å². The highest BCUT2D eigenvalue weighted by Crippen LogP contribution is 2.21. The van der Waals surface area contributed by atoms with Gasteiger partial charge >= 0.3 is 5.69 Å². The van der Waals surface area contributed by atoms with Gasteiger partial charge in [-0.3, -0.25) is 19.7 Å². The molecule has 2 aromatic rings. The van der Waals surface area contributed by atoms with Crippen molar-refractivity contribution >= 4 is 11.6 Å². The Balaban J connectivity index is 2.20. The van der Waals surface area contributed by atoms with Crippen LogP contribution in [0.4, 0.5) is 10.1 Å². The standard InChI is InChI=1S/C17H18FN3O4/c1-3-20(12(2)13-4-6-14(18)7-5-13)17(23)11-19-9-8-16(22)15(10-19)21(24)25/h4-10,12H,3,11H2,1-2H3. The number of likely N-dealkylation sites (N-methyl/N-ethyl adjacent to an activating group) is 1. The molecule has 0 saturated carbocycles. The fourth-order valence-electron chi connectivity index (χ4n) is 2.58. The molecule has 0 radical (unpaired) electrons. The molecule has 1 aromatic carbocycles. The Morgan fingerprint density at radius 2 is 1.96 bits per heavy atom. The van der Waals surface area contributed by atoms with E-state index in [4.69, 9.17) is 0 Å². The van der Waals surface area contributed by atoms with Crippen molar-refractivity contribution in [3.8, 4) is 0 Å². The first-order valence-corrected chi connectivity index (χ1v) is 7.73. The first-order valence-electron chi connectivity index (χ1n) is 7.73. The highest BCUT2D eigenvalue weighted by Gasteiger charge is 2.21. The van der Waals surface area contributed by atoms with Gasteiger partial charge in [0, 0.05) is 18.8 Å². The number of nitro groups is 1. The van der Waals surface area contributed by atoms with Crippen molar-refractivity contribution in [1.82, 2.24) is 9.47 Å². The quantitative estimate of drug-likeness (QED) is 0.593. The van der Waals surface area contributed by atoms with E-state index in [9.17, 15) is 24.1 Å². The van der Waals surface area contributed by atoms with Gasteiger partial charge in [-0.25, -0.2) is 4.39 Å². The maximum absolute atomic E-state index is 13.1. The predicted molar refractivity (Wildman–Crippen MR) is 89.6 cm³/mol. The fraction of sp³-hybridized carbons (Fsp3) is 0.294. The molecule has 1 atom stereocenters. The molecule has 0 spiro atoms. The third-order valence-electron chi connectivity index (χ3n) is 3.95. The average molecular weight is 347 g/mol. The van der Waals surface area contributed by atoms with Crippen molar-refractivity contribution in [1.29, 1.82) is 0 Å². The molecule has 0 bridgehead atoms. The molecule has 132 valence electrons. The van der Waals surface area contributed by atoms with E-state index in [1.54, 1.807) is 17.0 Å². The maximum atomic E-state index is 13.1. The number of pyridine rings is 1. The van der Waals surface area contributed by atoms with Gasteiger partial charge in [-0.15, -0.1) is 0 Å². The minimum atomic E-state index is -0.776. The van der Waals surface area contributed by atoms with E-state index in [0.717, 1.165) is 17.8 Å². The van der Waals surface area contributed by atoms with E-state index >= 15 is 0 Å². The van der Waals surface area contributed by atoms with Gasteiger partial charge in [0.2, 0.25) is 5.91 Å². The molecule has 1 amide bonds. The van der Waals surface area contributed by atoms with Crippen molar-refractivity contribution in [3.05, 3.63) is 74.4 Å². The van der Waals surface area contributed by atoms with Gasteiger partial charge in [-0.2, -0.15) is 0 Å². The summed E-state index contributed by atoms with van der Waals surface area (Å²) in [4.78, 5) is 35.6. The topological polar surface area (TPSA) is 85.5 Å². The number of rotatable bonds is 6. The number of hydrogen-bond donors (Lipinski definition) is 0. The van der Waals surface area contributed by atoms with Gasteiger partial charge in [-0.05, 0) is 31.5 Å². The molecule has 0 fully saturated rings. The number of amides is 1. The summed E-state index contributed by atoms with van der Waals surface area (Å²) >= 11 is 0. The number of hydrogen-bond acceptors (Lipinski definition) is 4. The summed E-state index contributed by atoms with van der Waals surface area (Å²) < 4.78 is 14.4. The van der Waals surface area contributed by atoms with Crippen LogP contribution >= 0.6 is 0 Å². The zero-order chi connectivity index (χ0) is 18.6. The molecular weight excluding hydrogens is 329 g/mol. The van der Waals surface area contributed by atoms with Crippen LogP contribution in [0.15, 0.2) is 47.5 Å². The van der Waals surface area contributed by atoms with Crippen LogP contribution in [-0.4, -0.2) is 26.8 Å². The number of carbonyl (C=O) groups is 1. The molecule has 0 aliphatic heterocycles. The highest BCUT2D eigenvalue weighted by atomic mass is 19.1. The summed E-state index contributed by atoms with van der Waals surface area (Å²) in [5, 5.41) is 10.8. The maximum Gasteiger partial charge on any atom is 0.332 e. The van der Waals surface area contributed by atoms with Crippen LogP contribution in [-0.2, 0) is 11.3 Å². The molecule has 0 saturated heterocycles. The normalized spacial score (nSPS) is 11.8. The van der Waals surface area contributed by atoms with Crippen molar-refractivity contribution in [3.63, 3.8) is 0 Å². The molecule has 0 aliphatic rings. The van der Waals surface area contributed by atoms with Crippen molar-refractivity contribution in [2.75, 3.05) is 6.54 Å².